The zero-order valence-corrected chi connectivity index (χ0v) is 13.5. The third kappa shape index (κ3) is 3.57. The number of nitrogens with one attached hydrogen (secondary N) is 1. The van der Waals surface area contributed by atoms with Crippen LogP contribution in [0.2, 0.25) is 0 Å². The van der Waals surface area contributed by atoms with Gasteiger partial charge in [0.1, 0.15) is 0 Å². The fourth-order valence-corrected chi connectivity index (χ4v) is 3.46. The van der Waals surface area contributed by atoms with Gasteiger partial charge >= 0.3 is 0 Å². The van der Waals surface area contributed by atoms with E-state index in [0.717, 1.165) is 21.9 Å². The Hall–Kier alpha value is -0.320. The van der Waals surface area contributed by atoms with Crippen molar-refractivity contribution in [3.05, 3.63) is 49.0 Å². The van der Waals surface area contributed by atoms with Crippen LogP contribution in [-0.2, 0) is 13.0 Å². The maximum atomic E-state index is 3.50. The Balaban J connectivity index is 2.08. The Bertz CT molecular complexity index is 508. The van der Waals surface area contributed by atoms with Gasteiger partial charge in [0, 0.05) is 31.4 Å². The minimum Gasteiger partial charge on any atom is -0.380 e. The van der Waals surface area contributed by atoms with Crippen molar-refractivity contribution in [1.29, 1.82) is 0 Å². The summed E-state index contributed by atoms with van der Waals surface area (Å²) in [6.45, 7) is 3.06. The van der Waals surface area contributed by atoms with Crippen molar-refractivity contribution in [3.63, 3.8) is 0 Å². The van der Waals surface area contributed by atoms with Crippen LogP contribution in [0.25, 0.3) is 0 Å². The first-order chi connectivity index (χ1) is 8.19. The highest BCUT2D eigenvalue weighted by Crippen LogP contribution is 2.24. The van der Waals surface area contributed by atoms with Crippen LogP contribution < -0.4 is 5.32 Å². The highest BCUT2D eigenvalue weighted by Gasteiger charge is 2.02. The molecule has 1 N–H and O–H groups in total. The average molecular weight is 375 g/mol. The molecule has 0 spiro atoms. The number of rotatable bonds is 4. The zero-order valence-electron chi connectivity index (χ0n) is 9.47. The first kappa shape index (κ1) is 13.1. The van der Waals surface area contributed by atoms with Crippen molar-refractivity contribution in [2.75, 3.05) is 5.32 Å². The largest absolute Gasteiger partial charge is 0.380 e. The van der Waals surface area contributed by atoms with Gasteiger partial charge in [-0.25, -0.2) is 0 Å². The molecule has 90 valence electrons. The molecule has 1 nitrogen and oxygen atoms in total. The molecular weight excluding hydrogens is 362 g/mol. The average Bonchev–Trinajstić information content (AvgIpc) is 2.73. The van der Waals surface area contributed by atoms with Gasteiger partial charge in [-0.2, -0.15) is 0 Å². The van der Waals surface area contributed by atoms with Crippen molar-refractivity contribution in [1.82, 2.24) is 0 Å². The molecule has 0 aliphatic carbocycles. The minimum absolute atomic E-state index is 0.880. The van der Waals surface area contributed by atoms with Crippen LogP contribution in [0.3, 0.4) is 0 Å². The molecule has 0 saturated heterocycles. The number of halogens is 2. The number of anilines is 1. The van der Waals surface area contributed by atoms with Crippen LogP contribution in [0, 0.1) is 0 Å². The summed E-state index contributed by atoms with van der Waals surface area (Å²) in [5.74, 6) is 0. The molecule has 1 aromatic heterocycles. The van der Waals surface area contributed by atoms with E-state index >= 15 is 0 Å². The van der Waals surface area contributed by atoms with Crippen molar-refractivity contribution < 1.29 is 0 Å². The summed E-state index contributed by atoms with van der Waals surface area (Å²) in [5.41, 5.74) is 2.57. The molecular formula is C13H13Br2NS. The van der Waals surface area contributed by atoms with E-state index in [-0.39, 0.29) is 0 Å². The van der Waals surface area contributed by atoms with Crippen LogP contribution in [-0.4, -0.2) is 0 Å². The normalized spacial score (nSPS) is 10.5. The van der Waals surface area contributed by atoms with Gasteiger partial charge < -0.3 is 5.32 Å². The van der Waals surface area contributed by atoms with Crippen LogP contribution in [0.15, 0.2) is 38.6 Å². The topological polar surface area (TPSA) is 12.0 Å². The molecule has 0 atom stereocenters. The molecule has 4 heteroatoms. The summed E-state index contributed by atoms with van der Waals surface area (Å²) in [6, 6.07) is 8.53. The summed E-state index contributed by atoms with van der Waals surface area (Å²) in [4.78, 5) is 1.34. The predicted molar refractivity (Wildman–Crippen MR) is 82.9 cm³/mol. The van der Waals surface area contributed by atoms with Crippen molar-refractivity contribution >= 4 is 48.9 Å². The van der Waals surface area contributed by atoms with E-state index in [0.29, 0.717) is 0 Å². The van der Waals surface area contributed by atoms with E-state index in [1.165, 1.54) is 16.1 Å². The third-order valence-electron chi connectivity index (χ3n) is 2.52. The lowest BCUT2D eigenvalue weighted by Gasteiger charge is -2.10. The quantitative estimate of drug-likeness (QED) is 0.750. The molecule has 2 aromatic rings. The molecule has 0 fully saturated rings. The molecule has 17 heavy (non-hydrogen) atoms. The van der Waals surface area contributed by atoms with Crippen LogP contribution in [0.5, 0.6) is 0 Å². The molecule has 0 amide bonds. The molecule has 0 aliphatic heterocycles. The van der Waals surface area contributed by atoms with Crippen molar-refractivity contribution in [3.8, 4) is 0 Å². The van der Waals surface area contributed by atoms with Crippen molar-refractivity contribution in [2.24, 2.45) is 0 Å². The molecule has 1 aromatic carbocycles. The van der Waals surface area contributed by atoms with Gasteiger partial charge in [-0.05, 0) is 52.2 Å². The van der Waals surface area contributed by atoms with Crippen LogP contribution in [0.4, 0.5) is 5.69 Å². The number of benzene rings is 1. The van der Waals surface area contributed by atoms with Crippen molar-refractivity contribution in [2.45, 2.75) is 19.9 Å². The standard InChI is InChI=1S/C13H13Br2NS/c1-2-9-5-10(14)3-4-13(9)16-7-12-6-11(15)8-17-12/h3-6,8,16H,2,7H2,1H3. The molecule has 0 saturated carbocycles. The Labute approximate surface area is 123 Å². The van der Waals surface area contributed by atoms with E-state index in [9.17, 15) is 0 Å². The van der Waals surface area contributed by atoms with Gasteiger partial charge in [0.05, 0.1) is 0 Å². The second-order valence-corrected chi connectivity index (χ2v) is 6.57. The Morgan fingerprint density at radius 3 is 2.65 bits per heavy atom. The summed E-state index contributed by atoms with van der Waals surface area (Å²) in [7, 11) is 0. The highest BCUT2D eigenvalue weighted by molar-refractivity contribution is 9.10. The number of hydrogen-bond acceptors (Lipinski definition) is 2. The van der Waals surface area contributed by atoms with Gasteiger partial charge in [-0.1, -0.05) is 22.9 Å². The summed E-state index contributed by atoms with van der Waals surface area (Å²) >= 11 is 8.74. The molecule has 0 radical (unpaired) electrons. The second-order valence-electron chi connectivity index (χ2n) is 3.74. The fraction of sp³-hybridized carbons (Fsp3) is 0.231. The maximum Gasteiger partial charge on any atom is 0.0494 e. The summed E-state index contributed by atoms with van der Waals surface area (Å²) in [6.07, 6.45) is 1.04. The van der Waals surface area contributed by atoms with E-state index in [4.69, 9.17) is 0 Å². The minimum atomic E-state index is 0.880. The SMILES string of the molecule is CCc1cc(Br)ccc1NCc1cc(Br)cs1. The first-order valence-electron chi connectivity index (χ1n) is 5.44. The molecule has 0 unspecified atom stereocenters. The van der Waals surface area contributed by atoms with E-state index in [1.54, 1.807) is 11.3 Å². The monoisotopic (exact) mass is 373 g/mol. The summed E-state index contributed by atoms with van der Waals surface area (Å²) in [5, 5.41) is 5.60. The fourth-order valence-electron chi connectivity index (χ4n) is 1.66. The zero-order chi connectivity index (χ0) is 12.3. The Morgan fingerprint density at radius 1 is 1.18 bits per heavy atom. The van der Waals surface area contributed by atoms with E-state index < -0.39 is 0 Å². The third-order valence-corrected chi connectivity index (χ3v) is 4.71. The smallest absolute Gasteiger partial charge is 0.0494 e. The lowest BCUT2D eigenvalue weighted by Crippen LogP contribution is -2.00. The number of hydrogen-bond donors (Lipinski definition) is 1. The predicted octanol–water partition coefficient (Wildman–Crippen LogP) is 5.45. The number of aryl methyl sites for hydroxylation is 1. The van der Waals surface area contributed by atoms with Gasteiger partial charge in [-0.15, -0.1) is 11.3 Å². The van der Waals surface area contributed by atoms with Crippen LogP contribution in [0.1, 0.15) is 17.4 Å². The molecule has 0 bridgehead atoms. The lowest BCUT2D eigenvalue weighted by atomic mass is 10.1. The number of thiophene rings is 1. The first-order valence-corrected chi connectivity index (χ1v) is 7.91. The molecule has 2 rings (SSSR count). The highest BCUT2D eigenvalue weighted by atomic mass is 79.9. The molecule has 0 aliphatic rings. The van der Waals surface area contributed by atoms with E-state index in [1.807, 2.05) is 0 Å². The summed E-state index contributed by atoms with van der Waals surface area (Å²) < 4.78 is 2.30. The maximum absolute atomic E-state index is 3.50. The van der Waals surface area contributed by atoms with Gasteiger partial charge in [0.15, 0.2) is 0 Å². The van der Waals surface area contributed by atoms with E-state index in [2.05, 4.69) is 73.7 Å². The lowest BCUT2D eigenvalue weighted by molar-refractivity contribution is 1.10. The van der Waals surface area contributed by atoms with Gasteiger partial charge in [-0.3, -0.25) is 0 Å². The molecule has 1 heterocycles. The second kappa shape index (κ2) is 6.03. The Kier molecular flexibility index (Phi) is 4.65. The Morgan fingerprint density at radius 2 is 2.00 bits per heavy atom. The van der Waals surface area contributed by atoms with Crippen LogP contribution >= 0.6 is 43.2 Å². The van der Waals surface area contributed by atoms with Gasteiger partial charge in [0.2, 0.25) is 0 Å². The van der Waals surface area contributed by atoms with Gasteiger partial charge in [0.25, 0.3) is 0 Å².